The highest BCUT2D eigenvalue weighted by Gasteiger charge is 2.15. The summed E-state index contributed by atoms with van der Waals surface area (Å²) < 4.78 is 0. The van der Waals surface area contributed by atoms with E-state index >= 15 is 0 Å². The molecule has 21 heavy (non-hydrogen) atoms. The molecule has 2 rings (SSSR count). The highest BCUT2D eigenvalue weighted by atomic mass is 16.2. The number of carbonyl (C=O) groups excluding carboxylic acids is 1. The lowest BCUT2D eigenvalue weighted by Crippen LogP contribution is -2.35. The molecule has 1 saturated carbocycles. The monoisotopic (exact) mass is 288 g/mol. The minimum Gasteiger partial charge on any atom is -0.313 e. The van der Waals surface area contributed by atoms with Crippen LogP contribution in [0.5, 0.6) is 0 Å². The van der Waals surface area contributed by atoms with Gasteiger partial charge in [-0.2, -0.15) is 0 Å². The molecule has 3 heteroatoms. The topological polar surface area (TPSA) is 32.3 Å². The minimum atomic E-state index is 0.213. The summed E-state index contributed by atoms with van der Waals surface area (Å²) in [6.45, 7) is 3.56. The lowest BCUT2D eigenvalue weighted by molar-refractivity contribution is -0.118. The number of amides is 1. The first-order valence-electron chi connectivity index (χ1n) is 8.40. The van der Waals surface area contributed by atoms with E-state index in [1.807, 2.05) is 42.2 Å². The summed E-state index contributed by atoms with van der Waals surface area (Å²) in [6, 6.07) is 10.6. The van der Waals surface area contributed by atoms with Crippen molar-refractivity contribution in [3.8, 4) is 0 Å². The van der Waals surface area contributed by atoms with Crippen molar-refractivity contribution in [3.63, 3.8) is 0 Å². The number of rotatable bonds is 6. The number of para-hydroxylation sites is 1. The molecule has 0 saturated heterocycles. The molecule has 1 fully saturated rings. The summed E-state index contributed by atoms with van der Waals surface area (Å²) in [5.74, 6) is 0.213. The van der Waals surface area contributed by atoms with Gasteiger partial charge >= 0.3 is 0 Å². The van der Waals surface area contributed by atoms with E-state index in [0.29, 0.717) is 12.5 Å². The first-order chi connectivity index (χ1) is 10.3. The van der Waals surface area contributed by atoms with Gasteiger partial charge in [0.15, 0.2) is 0 Å². The molecule has 0 unspecified atom stereocenters. The number of hydrogen-bond acceptors (Lipinski definition) is 2. The van der Waals surface area contributed by atoms with Crippen LogP contribution in [0.25, 0.3) is 0 Å². The average Bonchev–Trinajstić information content (AvgIpc) is 2.78. The molecule has 1 N–H and O–H groups in total. The molecule has 0 radical (unpaired) electrons. The third-order valence-electron chi connectivity index (χ3n) is 4.31. The maximum atomic E-state index is 12.4. The van der Waals surface area contributed by atoms with Crippen LogP contribution in [0.15, 0.2) is 30.3 Å². The highest BCUT2D eigenvalue weighted by Crippen LogP contribution is 2.17. The lowest BCUT2D eigenvalue weighted by atomic mass is 10.1. The second-order valence-electron chi connectivity index (χ2n) is 5.87. The van der Waals surface area contributed by atoms with Crippen LogP contribution in [0.3, 0.4) is 0 Å². The van der Waals surface area contributed by atoms with E-state index in [2.05, 4.69) is 5.32 Å². The summed E-state index contributed by atoms with van der Waals surface area (Å²) in [6.07, 6.45) is 8.52. The Hall–Kier alpha value is -1.35. The molecule has 1 aromatic carbocycles. The third-order valence-corrected chi connectivity index (χ3v) is 4.31. The molecule has 0 bridgehead atoms. The smallest absolute Gasteiger partial charge is 0.228 e. The molecule has 0 aromatic heterocycles. The van der Waals surface area contributed by atoms with Crippen LogP contribution in [0, 0.1) is 0 Å². The molecule has 1 aliphatic carbocycles. The van der Waals surface area contributed by atoms with E-state index in [1.165, 1.54) is 38.5 Å². The predicted octanol–water partition coefficient (Wildman–Crippen LogP) is 3.74. The molecular weight excluding hydrogens is 260 g/mol. The Bertz CT molecular complexity index is 410. The molecule has 0 spiro atoms. The quantitative estimate of drug-likeness (QED) is 0.809. The number of nitrogens with one attached hydrogen (secondary N) is 1. The highest BCUT2D eigenvalue weighted by molar-refractivity contribution is 5.93. The Balaban J connectivity index is 1.77. The van der Waals surface area contributed by atoms with Crippen LogP contribution in [0.4, 0.5) is 5.69 Å². The van der Waals surface area contributed by atoms with Crippen molar-refractivity contribution in [2.75, 3.05) is 18.0 Å². The van der Waals surface area contributed by atoms with Crippen LogP contribution >= 0.6 is 0 Å². The normalized spacial score (nSPS) is 16.4. The molecule has 0 atom stereocenters. The Labute approximate surface area is 128 Å². The predicted molar refractivity (Wildman–Crippen MR) is 88.6 cm³/mol. The summed E-state index contributed by atoms with van der Waals surface area (Å²) in [5.41, 5.74) is 1.000. The van der Waals surface area contributed by atoms with Crippen LogP contribution in [-0.2, 0) is 4.79 Å². The largest absolute Gasteiger partial charge is 0.313 e. The molecule has 1 amide bonds. The Kier molecular flexibility index (Phi) is 6.74. The van der Waals surface area contributed by atoms with Gasteiger partial charge in [-0.15, -0.1) is 0 Å². The molecule has 0 aliphatic heterocycles. The van der Waals surface area contributed by atoms with Gasteiger partial charge in [-0.05, 0) is 31.9 Å². The van der Waals surface area contributed by atoms with Crippen molar-refractivity contribution in [1.82, 2.24) is 5.32 Å². The lowest BCUT2D eigenvalue weighted by Gasteiger charge is -2.22. The van der Waals surface area contributed by atoms with E-state index in [-0.39, 0.29) is 5.91 Å². The zero-order valence-corrected chi connectivity index (χ0v) is 13.2. The van der Waals surface area contributed by atoms with Gasteiger partial charge < -0.3 is 10.2 Å². The van der Waals surface area contributed by atoms with Gasteiger partial charge in [-0.1, -0.05) is 43.9 Å². The van der Waals surface area contributed by atoms with Crippen LogP contribution in [0.2, 0.25) is 0 Å². The summed E-state index contributed by atoms with van der Waals surface area (Å²) in [5, 5.41) is 3.58. The number of hydrogen-bond donors (Lipinski definition) is 1. The van der Waals surface area contributed by atoms with E-state index in [4.69, 9.17) is 0 Å². The van der Waals surface area contributed by atoms with Gasteiger partial charge in [0.1, 0.15) is 0 Å². The summed E-state index contributed by atoms with van der Waals surface area (Å²) in [7, 11) is 0. The van der Waals surface area contributed by atoms with E-state index in [0.717, 1.165) is 18.8 Å². The Morgan fingerprint density at radius 3 is 2.43 bits per heavy atom. The van der Waals surface area contributed by atoms with E-state index in [9.17, 15) is 4.79 Å². The zero-order chi connectivity index (χ0) is 14.9. The third kappa shape index (κ3) is 5.16. The summed E-state index contributed by atoms with van der Waals surface area (Å²) in [4.78, 5) is 14.2. The van der Waals surface area contributed by atoms with Gasteiger partial charge in [-0.25, -0.2) is 0 Å². The molecule has 116 valence electrons. The molecule has 1 aromatic rings. The van der Waals surface area contributed by atoms with Crippen molar-refractivity contribution in [1.29, 1.82) is 0 Å². The van der Waals surface area contributed by atoms with E-state index < -0.39 is 0 Å². The van der Waals surface area contributed by atoms with Gasteiger partial charge in [0, 0.05) is 31.2 Å². The average molecular weight is 288 g/mol. The Morgan fingerprint density at radius 2 is 1.81 bits per heavy atom. The van der Waals surface area contributed by atoms with Gasteiger partial charge in [-0.3, -0.25) is 4.79 Å². The van der Waals surface area contributed by atoms with Crippen molar-refractivity contribution < 1.29 is 4.79 Å². The van der Waals surface area contributed by atoms with E-state index in [1.54, 1.807) is 0 Å². The molecular formula is C18H28N2O. The van der Waals surface area contributed by atoms with Crippen molar-refractivity contribution in [2.24, 2.45) is 0 Å². The molecule has 1 aliphatic rings. The van der Waals surface area contributed by atoms with Crippen LogP contribution < -0.4 is 10.2 Å². The first kappa shape index (κ1) is 16.0. The van der Waals surface area contributed by atoms with Crippen LogP contribution in [-0.4, -0.2) is 25.0 Å². The fourth-order valence-corrected chi connectivity index (χ4v) is 3.11. The Morgan fingerprint density at radius 1 is 1.14 bits per heavy atom. The summed E-state index contributed by atoms with van der Waals surface area (Å²) >= 11 is 0. The molecule has 0 heterocycles. The second-order valence-corrected chi connectivity index (χ2v) is 5.87. The fourth-order valence-electron chi connectivity index (χ4n) is 3.11. The number of anilines is 1. The minimum absolute atomic E-state index is 0.213. The number of carbonyl (C=O) groups is 1. The fraction of sp³-hybridized carbons (Fsp3) is 0.611. The van der Waals surface area contributed by atoms with Gasteiger partial charge in [0.2, 0.25) is 5.91 Å². The number of nitrogens with zero attached hydrogens (tertiary/aromatic N) is 1. The van der Waals surface area contributed by atoms with Gasteiger partial charge in [0.05, 0.1) is 0 Å². The first-order valence-corrected chi connectivity index (χ1v) is 8.40. The maximum Gasteiger partial charge on any atom is 0.228 e. The van der Waals surface area contributed by atoms with Crippen molar-refractivity contribution in [3.05, 3.63) is 30.3 Å². The molecule has 3 nitrogen and oxygen atoms in total. The maximum absolute atomic E-state index is 12.4. The van der Waals surface area contributed by atoms with Crippen molar-refractivity contribution >= 4 is 11.6 Å². The van der Waals surface area contributed by atoms with Crippen LogP contribution in [0.1, 0.15) is 51.9 Å². The SMILES string of the molecule is CCN(C(=O)CCNC1CCCCCC1)c1ccccc1. The standard InChI is InChI=1S/C18H28N2O/c1-2-20(17-12-8-5-9-13-17)18(21)14-15-19-16-10-6-3-4-7-11-16/h5,8-9,12-13,16,19H,2-4,6-7,10-11,14-15H2,1H3. The zero-order valence-electron chi connectivity index (χ0n) is 13.2. The second kappa shape index (κ2) is 8.83. The van der Waals surface area contributed by atoms with Gasteiger partial charge in [0.25, 0.3) is 0 Å². The van der Waals surface area contributed by atoms with Crippen molar-refractivity contribution in [2.45, 2.75) is 57.9 Å². The number of benzene rings is 1.